The van der Waals surface area contributed by atoms with Crippen molar-refractivity contribution in [1.29, 1.82) is 0 Å². The number of amides is 1. The summed E-state index contributed by atoms with van der Waals surface area (Å²) in [5, 5.41) is 13.8. The molecule has 0 aliphatic rings. The maximum Gasteiger partial charge on any atom is 0.272 e. The highest BCUT2D eigenvalue weighted by Gasteiger charge is 2.29. The predicted molar refractivity (Wildman–Crippen MR) is 79.2 cm³/mol. The molecule has 1 unspecified atom stereocenters. The van der Waals surface area contributed by atoms with Gasteiger partial charge in [0.2, 0.25) is 5.91 Å². The van der Waals surface area contributed by atoms with E-state index in [1.165, 1.54) is 6.07 Å². The highest BCUT2D eigenvalue weighted by Crippen LogP contribution is 2.23. The van der Waals surface area contributed by atoms with Gasteiger partial charge in [-0.3, -0.25) is 14.9 Å². The number of carbonyl (C=O) groups is 1. The van der Waals surface area contributed by atoms with E-state index < -0.39 is 16.4 Å². The van der Waals surface area contributed by atoms with E-state index in [2.05, 4.69) is 5.32 Å². The Morgan fingerprint density at radius 3 is 2.67 bits per heavy atom. The second kappa shape index (κ2) is 7.03. The molecule has 0 aromatic heterocycles. The van der Waals surface area contributed by atoms with Gasteiger partial charge in [-0.15, -0.1) is 0 Å². The van der Waals surface area contributed by atoms with E-state index in [1.807, 2.05) is 6.92 Å². The Morgan fingerprint density at radius 2 is 2.19 bits per heavy atom. The predicted octanol–water partition coefficient (Wildman–Crippen LogP) is 1.53. The van der Waals surface area contributed by atoms with Crippen molar-refractivity contribution >= 4 is 11.6 Å². The number of aryl methyl sites for hydroxylation is 1. The van der Waals surface area contributed by atoms with Gasteiger partial charge in [-0.2, -0.15) is 0 Å². The molecule has 0 heterocycles. The van der Waals surface area contributed by atoms with Crippen molar-refractivity contribution in [3.63, 3.8) is 0 Å². The second-order valence-corrected chi connectivity index (χ2v) is 5.03. The number of rotatable bonds is 8. The lowest BCUT2D eigenvalue weighted by Gasteiger charge is -2.26. The molecule has 0 radical (unpaired) electrons. The molecule has 21 heavy (non-hydrogen) atoms. The number of nitrogens with zero attached hydrogens (tertiary/aromatic N) is 1. The zero-order chi connectivity index (χ0) is 16.0. The fourth-order valence-electron chi connectivity index (χ4n) is 1.98. The molecule has 7 nitrogen and oxygen atoms in total. The van der Waals surface area contributed by atoms with Crippen LogP contribution in [0.25, 0.3) is 0 Å². The first-order valence-electron chi connectivity index (χ1n) is 6.73. The summed E-state index contributed by atoms with van der Waals surface area (Å²) in [6.45, 7) is 6.17. The Balaban J connectivity index is 2.65. The van der Waals surface area contributed by atoms with Crippen LogP contribution in [0.5, 0.6) is 5.75 Å². The van der Waals surface area contributed by atoms with Gasteiger partial charge >= 0.3 is 0 Å². The molecule has 1 atom stereocenters. The van der Waals surface area contributed by atoms with E-state index in [0.717, 1.165) is 0 Å². The minimum Gasteiger partial charge on any atom is -0.493 e. The third-order valence-corrected chi connectivity index (χ3v) is 3.35. The molecule has 0 bridgehead atoms. The molecule has 0 aliphatic heterocycles. The van der Waals surface area contributed by atoms with Crippen LogP contribution in [-0.4, -0.2) is 29.5 Å². The lowest BCUT2D eigenvalue weighted by atomic mass is 9.97. The average molecular weight is 295 g/mol. The molecule has 0 saturated heterocycles. The highest BCUT2D eigenvalue weighted by molar-refractivity contribution is 5.84. The summed E-state index contributed by atoms with van der Waals surface area (Å²) in [6, 6.07) is 4.55. The van der Waals surface area contributed by atoms with Crippen molar-refractivity contribution < 1.29 is 14.5 Å². The lowest BCUT2D eigenvalue weighted by Crippen LogP contribution is -2.53. The fraction of sp³-hybridized carbons (Fsp3) is 0.500. The minimum absolute atomic E-state index is 0.0528. The monoisotopic (exact) mass is 295 g/mol. The van der Waals surface area contributed by atoms with Gasteiger partial charge in [-0.05, 0) is 32.5 Å². The van der Waals surface area contributed by atoms with E-state index >= 15 is 0 Å². The number of likely N-dealkylation sites (N-methyl/N-ethyl adjacent to an activating group) is 1. The van der Waals surface area contributed by atoms with Gasteiger partial charge in [0.25, 0.3) is 5.69 Å². The number of carbonyl (C=O) groups excluding carboxylic acids is 1. The van der Waals surface area contributed by atoms with Crippen LogP contribution >= 0.6 is 0 Å². The van der Waals surface area contributed by atoms with Gasteiger partial charge in [0.15, 0.2) is 0 Å². The topological polar surface area (TPSA) is 107 Å². The first kappa shape index (κ1) is 16.9. The van der Waals surface area contributed by atoms with Crippen LogP contribution in [0, 0.1) is 17.0 Å². The van der Waals surface area contributed by atoms with Crippen LogP contribution in [0.15, 0.2) is 18.2 Å². The zero-order valence-electron chi connectivity index (χ0n) is 12.5. The number of nitro benzene ring substituents is 1. The SMILES string of the molecule is CCNC(C)(CCOc1ccc([N+](=O)[O-])c(C)c1)C(N)=O. The first-order valence-corrected chi connectivity index (χ1v) is 6.73. The molecule has 1 aromatic rings. The summed E-state index contributed by atoms with van der Waals surface area (Å²) in [5.41, 5.74) is 5.14. The van der Waals surface area contributed by atoms with Crippen molar-refractivity contribution in [2.45, 2.75) is 32.7 Å². The number of benzene rings is 1. The molecule has 0 fully saturated rings. The summed E-state index contributed by atoms with van der Waals surface area (Å²) >= 11 is 0. The van der Waals surface area contributed by atoms with Crippen molar-refractivity contribution in [3.05, 3.63) is 33.9 Å². The number of primary amides is 1. The van der Waals surface area contributed by atoms with Crippen LogP contribution in [0.4, 0.5) is 5.69 Å². The van der Waals surface area contributed by atoms with Gasteiger partial charge in [-0.25, -0.2) is 0 Å². The molecular formula is C14H21N3O4. The van der Waals surface area contributed by atoms with Crippen LogP contribution in [0.3, 0.4) is 0 Å². The van der Waals surface area contributed by atoms with Crippen molar-refractivity contribution in [2.75, 3.05) is 13.2 Å². The van der Waals surface area contributed by atoms with Crippen molar-refractivity contribution in [3.8, 4) is 5.75 Å². The number of hydrogen-bond acceptors (Lipinski definition) is 5. The van der Waals surface area contributed by atoms with E-state index in [4.69, 9.17) is 10.5 Å². The number of hydrogen-bond donors (Lipinski definition) is 2. The summed E-state index contributed by atoms with van der Waals surface area (Å²) in [5.74, 6) is 0.0919. The third-order valence-electron chi connectivity index (χ3n) is 3.35. The van der Waals surface area contributed by atoms with Crippen LogP contribution in [-0.2, 0) is 4.79 Å². The van der Waals surface area contributed by atoms with E-state index in [0.29, 0.717) is 24.3 Å². The van der Waals surface area contributed by atoms with Crippen LogP contribution < -0.4 is 15.8 Å². The van der Waals surface area contributed by atoms with E-state index in [1.54, 1.807) is 26.0 Å². The third kappa shape index (κ3) is 4.42. The van der Waals surface area contributed by atoms with Gasteiger partial charge < -0.3 is 15.8 Å². The van der Waals surface area contributed by atoms with Gasteiger partial charge in [0.1, 0.15) is 5.75 Å². The normalized spacial score (nSPS) is 13.5. The molecular weight excluding hydrogens is 274 g/mol. The van der Waals surface area contributed by atoms with Gasteiger partial charge in [0, 0.05) is 18.1 Å². The lowest BCUT2D eigenvalue weighted by molar-refractivity contribution is -0.385. The summed E-state index contributed by atoms with van der Waals surface area (Å²) in [4.78, 5) is 21.8. The molecule has 0 aliphatic carbocycles. The largest absolute Gasteiger partial charge is 0.493 e. The summed E-state index contributed by atoms with van der Waals surface area (Å²) in [6.07, 6.45) is 0.409. The maximum absolute atomic E-state index is 11.5. The molecule has 1 aromatic carbocycles. The maximum atomic E-state index is 11.5. The quantitative estimate of drug-likeness (QED) is 0.558. The number of nitrogens with two attached hydrogens (primary N) is 1. The van der Waals surface area contributed by atoms with Crippen molar-refractivity contribution in [1.82, 2.24) is 5.32 Å². The summed E-state index contributed by atoms with van der Waals surface area (Å²) < 4.78 is 5.54. The molecule has 0 saturated carbocycles. The van der Waals surface area contributed by atoms with E-state index in [-0.39, 0.29) is 12.3 Å². The number of ether oxygens (including phenoxy) is 1. The fourth-order valence-corrected chi connectivity index (χ4v) is 1.98. The molecule has 3 N–H and O–H groups in total. The van der Waals surface area contributed by atoms with Gasteiger partial charge in [-0.1, -0.05) is 6.92 Å². The van der Waals surface area contributed by atoms with Crippen LogP contribution in [0.2, 0.25) is 0 Å². The Bertz CT molecular complexity index is 533. The average Bonchev–Trinajstić information content (AvgIpc) is 2.38. The van der Waals surface area contributed by atoms with Gasteiger partial charge in [0.05, 0.1) is 17.1 Å². The molecule has 1 amide bonds. The Kier molecular flexibility index (Phi) is 5.66. The first-order chi connectivity index (χ1) is 9.80. The summed E-state index contributed by atoms with van der Waals surface area (Å²) in [7, 11) is 0. The standard InChI is InChI=1S/C14H21N3O4/c1-4-16-14(3,13(15)18)7-8-21-11-5-6-12(17(19)20)10(2)9-11/h5-6,9,16H,4,7-8H2,1-3H3,(H2,15,18). The van der Waals surface area contributed by atoms with E-state index in [9.17, 15) is 14.9 Å². The Hall–Kier alpha value is -2.15. The highest BCUT2D eigenvalue weighted by atomic mass is 16.6. The number of nitro groups is 1. The van der Waals surface area contributed by atoms with Crippen molar-refractivity contribution in [2.24, 2.45) is 5.73 Å². The van der Waals surface area contributed by atoms with Crippen LogP contribution in [0.1, 0.15) is 25.8 Å². The smallest absolute Gasteiger partial charge is 0.272 e. The molecule has 7 heteroatoms. The number of nitrogens with one attached hydrogen (secondary N) is 1. The second-order valence-electron chi connectivity index (χ2n) is 5.03. The molecule has 116 valence electrons. The Morgan fingerprint density at radius 1 is 1.52 bits per heavy atom. The zero-order valence-corrected chi connectivity index (χ0v) is 12.5. The molecule has 0 spiro atoms. The Labute approximate surface area is 123 Å². The minimum atomic E-state index is -0.829. The molecule has 1 rings (SSSR count).